The summed E-state index contributed by atoms with van der Waals surface area (Å²) in [7, 11) is 1.65. The van der Waals surface area contributed by atoms with Gasteiger partial charge in [-0.15, -0.1) is 0 Å². The molecule has 2 amide bonds. The number of fused-ring (bicyclic) bond motifs is 1. The monoisotopic (exact) mass is 469 g/mol. The van der Waals surface area contributed by atoms with E-state index in [1.807, 2.05) is 57.2 Å². The number of hydrogen-bond donors (Lipinski definition) is 0. The summed E-state index contributed by atoms with van der Waals surface area (Å²) in [5, 5.41) is 6.71. The number of hydrogen-bond acceptors (Lipinski definition) is 5. The highest BCUT2D eigenvalue weighted by Gasteiger charge is 2.35. The van der Waals surface area contributed by atoms with E-state index in [1.54, 1.807) is 13.1 Å². The standard InChI is InChI=1S/C25H28ClN3O4/c1-25(2,3)13-23(30)28(4)14-24(31)29-20(16-9-10-21-22(11-16)33-15-32-21)12-19(27-29)17-7-5-6-8-18(17)26/h5-11,20H,12-15H2,1-4H3/t20-/m0/s1. The summed E-state index contributed by atoms with van der Waals surface area (Å²) in [6, 6.07) is 12.7. The van der Waals surface area contributed by atoms with Crippen LogP contribution >= 0.6 is 11.6 Å². The zero-order valence-electron chi connectivity index (χ0n) is 19.3. The Morgan fingerprint density at radius 2 is 1.88 bits per heavy atom. The summed E-state index contributed by atoms with van der Waals surface area (Å²) in [5.41, 5.74) is 2.23. The number of carbonyl (C=O) groups is 2. The normalized spacial score (nSPS) is 17.2. The van der Waals surface area contributed by atoms with Crippen molar-refractivity contribution >= 4 is 29.1 Å². The maximum atomic E-state index is 13.3. The Hall–Kier alpha value is -3.06. The highest BCUT2D eigenvalue weighted by atomic mass is 35.5. The van der Waals surface area contributed by atoms with Gasteiger partial charge in [-0.1, -0.05) is 56.6 Å². The largest absolute Gasteiger partial charge is 0.454 e. The highest BCUT2D eigenvalue weighted by Crippen LogP contribution is 2.39. The lowest BCUT2D eigenvalue weighted by Crippen LogP contribution is -2.40. The van der Waals surface area contributed by atoms with Gasteiger partial charge in [0.1, 0.15) is 6.54 Å². The van der Waals surface area contributed by atoms with Gasteiger partial charge >= 0.3 is 0 Å². The van der Waals surface area contributed by atoms with E-state index < -0.39 is 0 Å². The predicted molar refractivity (Wildman–Crippen MR) is 126 cm³/mol. The van der Waals surface area contributed by atoms with E-state index in [4.69, 9.17) is 21.1 Å². The Balaban J connectivity index is 1.61. The van der Waals surface area contributed by atoms with Crippen LogP contribution in [0.4, 0.5) is 0 Å². The molecule has 0 bridgehead atoms. The van der Waals surface area contributed by atoms with Crippen LogP contribution in [0.1, 0.15) is 50.8 Å². The first-order chi connectivity index (χ1) is 15.6. The number of amides is 2. The van der Waals surface area contributed by atoms with Crippen molar-refractivity contribution in [2.45, 2.75) is 39.7 Å². The molecule has 0 radical (unpaired) electrons. The second-order valence-corrected chi connectivity index (χ2v) is 9.99. The minimum Gasteiger partial charge on any atom is -0.454 e. The molecule has 7 nitrogen and oxygen atoms in total. The lowest BCUT2D eigenvalue weighted by molar-refractivity contribution is -0.141. The lowest BCUT2D eigenvalue weighted by Gasteiger charge is -2.26. The van der Waals surface area contributed by atoms with Crippen molar-refractivity contribution < 1.29 is 19.1 Å². The molecule has 2 aromatic rings. The molecule has 4 rings (SSSR count). The molecule has 0 saturated carbocycles. The Bertz CT molecular complexity index is 1110. The van der Waals surface area contributed by atoms with Gasteiger partial charge in [0, 0.05) is 30.5 Å². The van der Waals surface area contributed by atoms with Crippen molar-refractivity contribution in [3.05, 3.63) is 58.6 Å². The van der Waals surface area contributed by atoms with Gasteiger partial charge < -0.3 is 14.4 Å². The molecule has 0 aliphatic carbocycles. The van der Waals surface area contributed by atoms with Crippen molar-refractivity contribution in [1.29, 1.82) is 0 Å². The third kappa shape index (κ3) is 5.14. The molecule has 0 aromatic heterocycles. The third-order valence-corrected chi connectivity index (χ3v) is 5.94. The van der Waals surface area contributed by atoms with Gasteiger partial charge in [-0.05, 0) is 29.2 Å². The zero-order valence-corrected chi connectivity index (χ0v) is 20.1. The molecule has 2 aliphatic rings. The van der Waals surface area contributed by atoms with Crippen LogP contribution in [0.25, 0.3) is 0 Å². The topological polar surface area (TPSA) is 71.4 Å². The molecule has 33 heavy (non-hydrogen) atoms. The van der Waals surface area contributed by atoms with Crippen molar-refractivity contribution in [2.75, 3.05) is 20.4 Å². The molecule has 2 aliphatic heterocycles. The summed E-state index contributed by atoms with van der Waals surface area (Å²) in [6.45, 7) is 6.11. The van der Waals surface area contributed by atoms with Gasteiger partial charge in [-0.25, -0.2) is 5.01 Å². The quantitative estimate of drug-likeness (QED) is 0.639. The predicted octanol–water partition coefficient (Wildman–Crippen LogP) is 4.64. The van der Waals surface area contributed by atoms with Crippen molar-refractivity contribution in [3.8, 4) is 11.5 Å². The second kappa shape index (κ2) is 9.06. The molecule has 2 heterocycles. The summed E-state index contributed by atoms with van der Waals surface area (Å²) >= 11 is 6.42. The van der Waals surface area contributed by atoms with Crippen LogP contribution in [0.15, 0.2) is 47.6 Å². The average molecular weight is 470 g/mol. The Kier molecular flexibility index (Phi) is 6.34. The summed E-state index contributed by atoms with van der Waals surface area (Å²) in [4.78, 5) is 27.4. The fraction of sp³-hybridized carbons (Fsp3) is 0.400. The Labute approximate surface area is 198 Å². The first kappa shape index (κ1) is 23.1. The van der Waals surface area contributed by atoms with Crippen LogP contribution in [0.5, 0.6) is 11.5 Å². The first-order valence-electron chi connectivity index (χ1n) is 10.9. The van der Waals surface area contributed by atoms with E-state index >= 15 is 0 Å². The first-order valence-corrected chi connectivity index (χ1v) is 11.3. The molecule has 0 N–H and O–H groups in total. The number of carbonyl (C=O) groups excluding carboxylic acids is 2. The van der Waals surface area contributed by atoms with Gasteiger partial charge in [-0.3, -0.25) is 9.59 Å². The smallest absolute Gasteiger partial charge is 0.262 e. The molecule has 0 spiro atoms. The van der Waals surface area contributed by atoms with Gasteiger partial charge in [0.2, 0.25) is 12.7 Å². The minimum absolute atomic E-state index is 0.0603. The Morgan fingerprint density at radius 3 is 2.61 bits per heavy atom. The maximum absolute atomic E-state index is 13.3. The number of nitrogens with zero attached hydrogens (tertiary/aromatic N) is 3. The fourth-order valence-electron chi connectivity index (χ4n) is 3.93. The maximum Gasteiger partial charge on any atom is 0.262 e. The third-order valence-electron chi connectivity index (χ3n) is 5.61. The summed E-state index contributed by atoms with van der Waals surface area (Å²) in [6.07, 6.45) is 0.852. The number of ether oxygens (including phenoxy) is 2. The molecular formula is C25H28ClN3O4. The molecule has 0 unspecified atom stereocenters. The molecule has 174 valence electrons. The van der Waals surface area contributed by atoms with Crippen LogP contribution in [0.2, 0.25) is 5.02 Å². The number of benzene rings is 2. The van der Waals surface area contributed by atoms with Gasteiger partial charge in [0.15, 0.2) is 11.5 Å². The summed E-state index contributed by atoms with van der Waals surface area (Å²) < 4.78 is 11.0. The SMILES string of the molecule is CN(CC(=O)N1N=C(c2ccccc2Cl)C[C@H]1c1ccc2c(c1)OCO2)C(=O)CC(C)(C)C. The number of rotatable bonds is 5. The number of likely N-dealkylation sites (N-methyl/N-ethyl adjacent to an activating group) is 1. The molecule has 2 aromatic carbocycles. The number of halogens is 1. The van der Waals surface area contributed by atoms with Crippen LogP contribution in [-0.2, 0) is 9.59 Å². The average Bonchev–Trinajstić information content (AvgIpc) is 3.39. The fourth-order valence-corrected chi connectivity index (χ4v) is 4.18. The molecule has 0 saturated heterocycles. The highest BCUT2D eigenvalue weighted by molar-refractivity contribution is 6.34. The van der Waals surface area contributed by atoms with Crippen molar-refractivity contribution in [1.82, 2.24) is 9.91 Å². The van der Waals surface area contributed by atoms with Gasteiger partial charge in [0.25, 0.3) is 5.91 Å². The van der Waals surface area contributed by atoms with Crippen molar-refractivity contribution in [2.24, 2.45) is 10.5 Å². The lowest BCUT2D eigenvalue weighted by atomic mass is 9.92. The minimum atomic E-state index is -0.343. The Morgan fingerprint density at radius 1 is 1.15 bits per heavy atom. The second-order valence-electron chi connectivity index (χ2n) is 9.58. The van der Waals surface area contributed by atoms with E-state index in [9.17, 15) is 9.59 Å². The van der Waals surface area contributed by atoms with E-state index in [-0.39, 0.29) is 36.6 Å². The van der Waals surface area contributed by atoms with E-state index in [1.165, 1.54) is 9.91 Å². The van der Waals surface area contributed by atoms with Crippen molar-refractivity contribution in [3.63, 3.8) is 0 Å². The molecule has 1 atom stereocenters. The van der Waals surface area contributed by atoms with Gasteiger partial charge in [0.05, 0.1) is 11.8 Å². The van der Waals surface area contributed by atoms with E-state index in [2.05, 4.69) is 5.10 Å². The van der Waals surface area contributed by atoms with Crippen LogP contribution in [-0.4, -0.2) is 47.8 Å². The molecule has 0 fully saturated rings. The number of hydrazone groups is 1. The van der Waals surface area contributed by atoms with Crippen LogP contribution < -0.4 is 9.47 Å². The molecule has 8 heteroatoms. The summed E-state index contributed by atoms with van der Waals surface area (Å²) in [5.74, 6) is 0.979. The van der Waals surface area contributed by atoms with E-state index in [0.717, 1.165) is 16.8 Å². The van der Waals surface area contributed by atoms with Gasteiger partial charge in [-0.2, -0.15) is 5.10 Å². The van der Waals surface area contributed by atoms with Crippen LogP contribution in [0.3, 0.4) is 0 Å². The molecular weight excluding hydrogens is 442 g/mol. The van der Waals surface area contributed by atoms with E-state index in [0.29, 0.717) is 29.4 Å². The van der Waals surface area contributed by atoms with Crippen LogP contribution in [0, 0.1) is 5.41 Å². The zero-order chi connectivity index (χ0) is 23.8.